The van der Waals surface area contributed by atoms with Crippen LogP contribution in [0.3, 0.4) is 0 Å². The number of carbonyl (C=O) groups is 1. The molecule has 1 aromatic carbocycles. The van der Waals surface area contributed by atoms with E-state index in [9.17, 15) is 4.79 Å². The third-order valence-corrected chi connectivity index (χ3v) is 3.94. The zero-order chi connectivity index (χ0) is 16.9. The van der Waals surface area contributed by atoms with E-state index in [4.69, 9.17) is 0 Å². The Hall–Kier alpha value is -2.73. The molecule has 0 fully saturated rings. The summed E-state index contributed by atoms with van der Waals surface area (Å²) in [6.45, 7) is 0. The van der Waals surface area contributed by atoms with Gasteiger partial charge in [-0.3, -0.25) is 4.79 Å². The smallest absolute Gasteiger partial charge is 0.258 e. The van der Waals surface area contributed by atoms with Crippen LogP contribution in [0.4, 0.5) is 17.3 Å². The lowest BCUT2D eigenvalue weighted by molar-refractivity contribution is 0.102. The van der Waals surface area contributed by atoms with Gasteiger partial charge in [-0.05, 0) is 52.3 Å². The molecule has 0 saturated carbocycles. The van der Waals surface area contributed by atoms with Crippen LogP contribution in [0.25, 0.3) is 0 Å². The Balaban J connectivity index is 1.72. The molecule has 0 aliphatic carbocycles. The second-order valence-corrected chi connectivity index (χ2v) is 6.03. The van der Waals surface area contributed by atoms with E-state index in [1.54, 1.807) is 24.5 Å². The SMILES string of the molecule is CN(c1ccccc1)c1ccc(C(=O)Nc2ccc(Br)cn2)cn1. The number of rotatable bonds is 4. The van der Waals surface area contributed by atoms with Crippen molar-refractivity contribution in [3.05, 3.63) is 77.0 Å². The standard InChI is InChI=1S/C18H15BrN4O/c1-23(15-5-3-2-4-6-15)17-10-7-13(11-21-17)18(24)22-16-9-8-14(19)12-20-16/h2-12H,1H3,(H,20,22,24). The molecule has 0 atom stereocenters. The molecule has 3 rings (SSSR count). The van der Waals surface area contributed by atoms with E-state index in [2.05, 4.69) is 31.2 Å². The van der Waals surface area contributed by atoms with Crippen molar-refractivity contribution in [2.24, 2.45) is 0 Å². The molecule has 6 heteroatoms. The molecule has 3 aromatic rings. The van der Waals surface area contributed by atoms with Crippen molar-refractivity contribution in [2.75, 3.05) is 17.3 Å². The minimum absolute atomic E-state index is 0.244. The number of amides is 1. The largest absolute Gasteiger partial charge is 0.329 e. The van der Waals surface area contributed by atoms with E-state index < -0.39 is 0 Å². The lowest BCUT2D eigenvalue weighted by Gasteiger charge is -2.18. The minimum Gasteiger partial charge on any atom is -0.329 e. The van der Waals surface area contributed by atoms with Gasteiger partial charge in [-0.2, -0.15) is 0 Å². The Morgan fingerprint density at radius 2 is 1.79 bits per heavy atom. The van der Waals surface area contributed by atoms with Crippen LogP contribution in [0.15, 0.2) is 71.5 Å². The van der Waals surface area contributed by atoms with E-state index >= 15 is 0 Å². The molecular weight excluding hydrogens is 368 g/mol. The quantitative estimate of drug-likeness (QED) is 0.732. The first-order valence-corrected chi connectivity index (χ1v) is 8.10. The summed E-state index contributed by atoms with van der Waals surface area (Å²) in [7, 11) is 1.93. The Morgan fingerprint density at radius 1 is 1.00 bits per heavy atom. The van der Waals surface area contributed by atoms with Gasteiger partial charge < -0.3 is 10.2 Å². The van der Waals surface area contributed by atoms with Crippen LogP contribution in [-0.2, 0) is 0 Å². The second kappa shape index (κ2) is 7.23. The summed E-state index contributed by atoms with van der Waals surface area (Å²) < 4.78 is 0.857. The van der Waals surface area contributed by atoms with Crippen LogP contribution in [0.5, 0.6) is 0 Å². The predicted molar refractivity (Wildman–Crippen MR) is 98.6 cm³/mol. The highest BCUT2D eigenvalue weighted by Crippen LogP contribution is 2.21. The number of hydrogen-bond donors (Lipinski definition) is 1. The van der Waals surface area contributed by atoms with Crippen LogP contribution in [0.2, 0.25) is 0 Å². The number of para-hydroxylation sites is 1. The molecule has 0 aliphatic heterocycles. The van der Waals surface area contributed by atoms with Gasteiger partial charge in [0.05, 0.1) is 5.56 Å². The van der Waals surface area contributed by atoms with Gasteiger partial charge in [-0.25, -0.2) is 9.97 Å². The first-order valence-electron chi connectivity index (χ1n) is 7.31. The molecule has 1 N–H and O–H groups in total. The molecule has 2 aromatic heterocycles. The number of aromatic nitrogens is 2. The monoisotopic (exact) mass is 382 g/mol. The molecule has 0 aliphatic rings. The van der Waals surface area contributed by atoms with Gasteiger partial charge in [-0.15, -0.1) is 0 Å². The highest BCUT2D eigenvalue weighted by Gasteiger charge is 2.10. The summed E-state index contributed by atoms with van der Waals surface area (Å²) in [4.78, 5) is 22.7. The number of hydrogen-bond acceptors (Lipinski definition) is 4. The molecule has 0 saturated heterocycles. The molecule has 120 valence electrons. The average molecular weight is 383 g/mol. The van der Waals surface area contributed by atoms with E-state index in [0.29, 0.717) is 11.4 Å². The third-order valence-electron chi connectivity index (χ3n) is 3.47. The lowest BCUT2D eigenvalue weighted by Crippen LogP contribution is -2.15. The predicted octanol–water partition coefficient (Wildman–Crippen LogP) is 4.26. The number of nitrogens with zero attached hydrogens (tertiary/aromatic N) is 3. The number of halogens is 1. The Labute approximate surface area is 148 Å². The maximum absolute atomic E-state index is 12.2. The second-order valence-electron chi connectivity index (χ2n) is 5.12. The van der Waals surface area contributed by atoms with Gasteiger partial charge in [0, 0.05) is 29.6 Å². The van der Waals surface area contributed by atoms with E-state index in [-0.39, 0.29) is 5.91 Å². The van der Waals surface area contributed by atoms with Crippen LogP contribution in [0, 0.1) is 0 Å². The van der Waals surface area contributed by atoms with Crippen molar-refractivity contribution < 1.29 is 4.79 Å². The van der Waals surface area contributed by atoms with Crippen LogP contribution >= 0.6 is 15.9 Å². The van der Waals surface area contributed by atoms with Crippen molar-refractivity contribution in [2.45, 2.75) is 0 Å². The molecule has 0 spiro atoms. The van der Waals surface area contributed by atoms with Gasteiger partial charge in [-0.1, -0.05) is 18.2 Å². The highest BCUT2D eigenvalue weighted by atomic mass is 79.9. The van der Waals surface area contributed by atoms with Gasteiger partial charge >= 0.3 is 0 Å². The molecule has 0 unspecified atom stereocenters. The maximum Gasteiger partial charge on any atom is 0.258 e. The summed E-state index contributed by atoms with van der Waals surface area (Å²) in [6, 6.07) is 17.0. The molecule has 2 heterocycles. The third kappa shape index (κ3) is 3.78. The van der Waals surface area contributed by atoms with Crippen LogP contribution in [0.1, 0.15) is 10.4 Å². The fourth-order valence-electron chi connectivity index (χ4n) is 2.14. The summed E-state index contributed by atoms with van der Waals surface area (Å²) >= 11 is 3.31. The summed E-state index contributed by atoms with van der Waals surface area (Å²) in [5.74, 6) is 1.01. The maximum atomic E-state index is 12.2. The topological polar surface area (TPSA) is 58.1 Å². The summed E-state index contributed by atoms with van der Waals surface area (Å²) in [6.07, 6.45) is 3.19. The number of nitrogens with one attached hydrogen (secondary N) is 1. The first-order chi connectivity index (χ1) is 11.6. The highest BCUT2D eigenvalue weighted by molar-refractivity contribution is 9.10. The Kier molecular flexibility index (Phi) is 4.86. The number of anilines is 3. The Morgan fingerprint density at radius 3 is 2.42 bits per heavy atom. The normalized spacial score (nSPS) is 10.2. The number of benzene rings is 1. The van der Waals surface area contributed by atoms with Crippen molar-refractivity contribution in [3.8, 4) is 0 Å². The van der Waals surface area contributed by atoms with Crippen molar-refractivity contribution in [1.82, 2.24) is 9.97 Å². The zero-order valence-electron chi connectivity index (χ0n) is 13.0. The summed E-state index contributed by atoms with van der Waals surface area (Å²) in [5.41, 5.74) is 1.51. The average Bonchev–Trinajstić information content (AvgIpc) is 2.64. The van der Waals surface area contributed by atoms with Crippen LogP contribution < -0.4 is 10.2 Å². The molecular formula is C18H15BrN4O. The van der Waals surface area contributed by atoms with Gasteiger partial charge in [0.15, 0.2) is 0 Å². The minimum atomic E-state index is -0.244. The Bertz CT molecular complexity index is 820. The number of carbonyl (C=O) groups excluding carboxylic acids is 1. The van der Waals surface area contributed by atoms with E-state index in [1.165, 1.54) is 0 Å². The van der Waals surface area contributed by atoms with Gasteiger partial charge in [0.2, 0.25) is 0 Å². The van der Waals surface area contributed by atoms with E-state index in [1.807, 2.05) is 54.4 Å². The lowest BCUT2D eigenvalue weighted by atomic mass is 10.2. The van der Waals surface area contributed by atoms with Crippen LogP contribution in [-0.4, -0.2) is 22.9 Å². The fraction of sp³-hybridized carbons (Fsp3) is 0.0556. The molecule has 0 radical (unpaired) electrons. The van der Waals surface area contributed by atoms with E-state index in [0.717, 1.165) is 16.0 Å². The van der Waals surface area contributed by atoms with Crippen molar-refractivity contribution in [1.29, 1.82) is 0 Å². The van der Waals surface area contributed by atoms with Gasteiger partial charge in [0.25, 0.3) is 5.91 Å². The molecule has 5 nitrogen and oxygen atoms in total. The van der Waals surface area contributed by atoms with Crippen molar-refractivity contribution in [3.63, 3.8) is 0 Å². The van der Waals surface area contributed by atoms with Crippen molar-refractivity contribution >= 4 is 39.2 Å². The fourth-order valence-corrected chi connectivity index (χ4v) is 2.38. The van der Waals surface area contributed by atoms with Gasteiger partial charge in [0.1, 0.15) is 11.6 Å². The number of pyridine rings is 2. The zero-order valence-corrected chi connectivity index (χ0v) is 14.6. The summed E-state index contributed by atoms with van der Waals surface area (Å²) in [5, 5.41) is 2.74. The molecule has 24 heavy (non-hydrogen) atoms. The first kappa shape index (κ1) is 16.1. The molecule has 0 bridgehead atoms. The molecule has 1 amide bonds.